The monoisotopic (exact) mass is 258 g/mol. The molecule has 0 heterocycles. The molecule has 1 aliphatic rings. The zero-order valence-electron chi connectivity index (χ0n) is 11.1. The Bertz CT molecular complexity index is 302. The van der Waals surface area contributed by atoms with Gasteiger partial charge in [0.2, 0.25) is 0 Å². The van der Waals surface area contributed by atoms with Crippen molar-refractivity contribution in [3.05, 3.63) is 0 Å². The zero-order valence-corrected chi connectivity index (χ0v) is 11.1. The maximum Gasteiger partial charge on any atom is 0.319 e. The predicted octanol–water partition coefficient (Wildman–Crippen LogP) is 1.08. The summed E-state index contributed by atoms with van der Waals surface area (Å²) in [6.45, 7) is 2.08. The minimum atomic E-state index is -1.16. The second-order valence-corrected chi connectivity index (χ2v) is 4.75. The number of aliphatic hydroxyl groups is 1. The number of esters is 1. The first-order valence-electron chi connectivity index (χ1n) is 6.44. The van der Waals surface area contributed by atoms with E-state index >= 15 is 0 Å². The Kier molecular flexibility index (Phi) is 5.75. The fourth-order valence-corrected chi connectivity index (χ4v) is 2.53. The maximum absolute atomic E-state index is 12.1. The van der Waals surface area contributed by atoms with Gasteiger partial charge in [0.15, 0.2) is 0 Å². The van der Waals surface area contributed by atoms with Gasteiger partial charge in [-0.05, 0) is 26.2 Å². The molecule has 0 spiro atoms. The van der Waals surface area contributed by atoms with Crippen LogP contribution in [0.1, 0.15) is 39.0 Å². The number of carbonyl (C=O) groups excluding carboxylic acids is 2. The van der Waals surface area contributed by atoms with Gasteiger partial charge in [0.1, 0.15) is 11.2 Å². The van der Waals surface area contributed by atoms with E-state index in [9.17, 15) is 14.7 Å². The summed E-state index contributed by atoms with van der Waals surface area (Å²) in [4.78, 5) is 24.2. The minimum absolute atomic E-state index is 0.0957. The molecule has 5 heteroatoms. The first kappa shape index (κ1) is 15.1. The van der Waals surface area contributed by atoms with E-state index in [4.69, 9.17) is 9.47 Å². The lowest BCUT2D eigenvalue weighted by molar-refractivity contribution is -0.165. The Morgan fingerprint density at radius 2 is 2.22 bits per heavy atom. The molecule has 5 nitrogen and oxygen atoms in total. The number of carbonyl (C=O) groups is 2. The fourth-order valence-electron chi connectivity index (χ4n) is 2.53. The molecular formula is C13H22O5. The molecule has 104 valence electrons. The molecule has 1 N–H and O–H groups in total. The summed E-state index contributed by atoms with van der Waals surface area (Å²) in [5.74, 6) is -0.604. The molecule has 1 rings (SSSR count). The molecule has 2 atom stereocenters. The van der Waals surface area contributed by atoms with Gasteiger partial charge >= 0.3 is 5.97 Å². The Morgan fingerprint density at radius 1 is 1.50 bits per heavy atom. The van der Waals surface area contributed by atoms with Crippen LogP contribution in [-0.2, 0) is 19.1 Å². The van der Waals surface area contributed by atoms with E-state index in [0.29, 0.717) is 12.8 Å². The van der Waals surface area contributed by atoms with Crippen molar-refractivity contribution in [2.45, 2.75) is 45.1 Å². The number of hydrogen-bond acceptors (Lipinski definition) is 5. The first-order valence-corrected chi connectivity index (χ1v) is 6.44. The van der Waals surface area contributed by atoms with E-state index in [0.717, 1.165) is 12.8 Å². The van der Waals surface area contributed by atoms with Crippen LogP contribution in [0.25, 0.3) is 0 Å². The lowest BCUT2D eigenvalue weighted by atomic mass is 9.69. The molecule has 1 aliphatic carbocycles. The van der Waals surface area contributed by atoms with Crippen molar-refractivity contribution in [3.8, 4) is 0 Å². The van der Waals surface area contributed by atoms with E-state index in [1.54, 1.807) is 6.92 Å². The fraction of sp³-hybridized carbons (Fsp3) is 0.846. The van der Waals surface area contributed by atoms with Crippen molar-refractivity contribution < 1.29 is 24.2 Å². The standard InChI is InChI=1S/C13H22O5/c1-3-18-12(16)13(8-10(14)9-17-2)7-5-4-6-11(13)15/h10,14H,3-9H2,1-2H3. The molecule has 1 saturated carbocycles. The quantitative estimate of drug-likeness (QED) is 0.570. The molecule has 2 unspecified atom stereocenters. The van der Waals surface area contributed by atoms with Crippen LogP contribution in [0.3, 0.4) is 0 Å². The molecule has 0 bridgehead atoms. The van der Waals surface area contributed by atoms with Crippen molar-refractivity contribution in [3.63, 3.8) is 0 Å². The van der Waals surface area contributed by atoms with Gasteiger partial charge in [-0.1, -0.05) is 6.42 Å². The summed E-state index contributed by atoms with van der Waals surface area (Å²) in [5, 5.41) is 9.82. The van der Waals surface area contributed by atoms with Crippen LogP contribution in [0, 0.1) is 5.41 Å². The van der Waals surface area contributed by atoms with Crippen molar-refractivity contribution >= 4 is 11.8 Å². The Hall–Kier alpha value is -0.940. The van der Waals surface area contributed by atoms with Gasteiger partial charge in [0, 0.05) is 13.5 Å². The largest absolute Gasteiger partial charge is 0.465 e. The molecule has 0 aliphatic heterocycles. The Balaban J connectivity index is 2.85. The average molecular weight is 258 g/mol. The Labute approximate surface area is 107 Å². The summed E-state index contributed by atoms with van der Waals surface area (Å²) in [6.07, 6.45) is 1.74. The van der Waals surface area contributed by atoms with E-state index in [-0.39, 0.29) is 25.4 Å². The third-order valence-corrected chi connectivity index (χ3v) is 3.40. The van der Waals surface area contributed by atoms with Gasteiger partial charge in [-0.3, -0.25) is 9.59 Å². The van der Waals surface area contributed by atoms with Crippen molar-refractivity contribution in [1.29, 1.82) is 0 Å². The number of methoxy groups -OCH3 is 1. The molecule has 0 aromatic heterocycles. The van der Waals surface area contributed by atoms with Gasteiger partial charge in [-0.25, -0.2) is 0 Å². The smallest absolute Gasteiger partial charge is 0.319 e. The topological polar surface area (TPSA) is 72.8 Å². The van der Waals surface area contributed by atoms with Crippen molar-refractivity contribution in [2.24, 2.45) is 5.41 Å². The van der Waals surface area contributed by atoms with Gasteiger partial charge < -0.3 is 14.6 Å². The van der Waals surface area contributed by atoms with Crippen LogP contribution in [0.15, 0.2) is 0 Å². The van der Waals surface area contributed by atoms with E-state index in [2.05, 4.69) is 0 Å². The summed E-state index contributed by atoms with van der Waals surface area (Å²) in [5.41, 5.74) is -1.16. The lowest BCUT2D eigenvalue weighted by Crippen LogP contribution is -2.45. The second-order valence-electron chi connectivity index (χ2n) is 4.75. The number of ketones is 1. The third-order valence-electron chi connectivity index (χ3n) is 3.40. The highest BCUT2D eigenvalue weighted by atomic mass is 16.5. The molecule has 1 fully saturated rings. The van der Waals surface area contributed by atoms with Crippen molar-refractivity contribution in [1.82, 2.24) is 0 Å². The molecule has 0 aromatic carbocycles. The van der Waals surface area contributed by atoms with Gasteiger partial charge in [-0.2, -0.15) is 0 Å². The van der Waals surface area contributed by atoms with E-state index in [1.807, 2.05) is 0 Å². The van der Waals surface area contributed by atoms with Crippen LogP contribution < -0.4 is 0 Å². The van der Waals surface area contributed by atoms with Gasteiger partial charge in [0.25, 0.3) is 0 Å². The number of aliphatic hydroxyl groups excluding tert-OH is 1. The highest BCUT2D eigenvalue weighted by molar-refractivity contribution is 6.04. The first-order chi connectivity index (χ1) is 8.56. The highest BCUT2D eigenvalue weighted by Crippen LogP contribution is 2.38. The second kappa shape index (κ2) is 6.85. The van der Waals surface area contributed by atoms with Crippen LogP contribution >= 0.6 is 0 Å². The normalized spacial score (nSPS) is 25.8. The number of hydrogen-bond donors (Lipinski definition) is 1. The summed E-state index contributed by atoms with van der Waals surface area (Å²) < 4.78 is 9.87. The predicted molar refractivity (Wildman–Crippen MR) is 65.0 cm³/mol. The molecule has 0 saturated heterocycles. The SMILES string of the molecule is CCOC(=O)C1(CC(O)COC)CCCCC1=O. The third kappa shape index (κ3) is 3.29. The minimum Gasteiger partial charge on any atom is -0.465 e. The summed E-state index contributed by atoms with van der Waals surface area (Å²) in [6, 6.07) is 0. The van der Waals surface area contributed by atoms with E-state index < -0.39 is 17.5 Å². The average Bonchev–Trinajstić information content (AvgIpc) is 2.32. The van der Waals surface area contributed by atoms with Crippen LogP contribution in [-0.4, -0.2) is 43.3 Å². The number of Topliss-reactive ketones (excluding diaryl/α,β-unsaturated/α-hetero) is 1. The van der Waals surface area contributed by atoms with Crippen LogP contribution in [0.4, 0.5) is 0 Å². The van der Waals surface area contributed by atoms with Gasteiger partial charge in [-0.15, -0.1) is 0 Å². The molecule has 0 amide bonds. The highest BCUT2D eigenvalue weighted by Gasteiger charge is 2.48. The van der Waals surface area contributed by atoms with Gasteiger partial charge in [0.05, 0.1) is 19.3 Å². The van der Waals surface area contributed by atoms with Crippen molar-refractivity contribution in [2.75, 3.05) is 20.3 Å². The number of ether oxygens (including phenoxy) is 2. The van der Waals surface area contributed by atoms with Crippen LogP contribution in [0.2, 0.25) is 0 Å². The number of rotatable bonds is 6. The zero-order chi connectivity index (χ0) is 13.6. The van der Waals surface area contributed by atoms with E-state index in [1.165, 1.54) is 7.11 Å². The van der Waals surface area contributed by atoms with Crippen LogP contribution in [0.5, 0.6) is 0 Å². The molecular weight excluding hydrogens is 236 g/mol. The molecule has 0 aromatic rings. The summed E-state index contributed by atoms with van der Waals surface area (Å²) >= 11 is 0. The Morgan fingerprint density at radius 3 is 2.78 bits per heavy atom. The molecule has 0 radical (unpaired) electrons. The maximum atomic E-state index is 12.1. The lowest BCUT2D eigenvalue weighted by Gasteiger charge is -2.34. The molecule has 18 heavy (non-hydrogen) atoms. The summed E-state index contributed by atoms with van der Waals surface area (Å²) in [7, 11) is 1.48.